The molecule has 16 heavy (non-hydrogen) atoms. The zero-order valence-electron chi connectivity index (χ0n) is 10.2. The van der Waals surface area contributed by atoms with Crippen LogP contribution in [0.15, 0.2) is 18.2 Å². The molecule has 1 rings (SSSR count). The number of nitrogens with two attached hydrogens (primary N) is 1. The molecule has 2 N–H and O–H groups in total. The normalized spacial score (nSPS) is 13.1. The Bertz CT molecular complexity index is 339. The van der Waals surface area contributed by atoms with Gasteiger partial charge in [0.05, 0.1) is 6.61 Å². The van der Waals surface area contributed by atoms with Crippen molar-refractivity contribution in [2.75, 3.05) is 13.7 Å². The Morgan fingerprint density at radius 1 is 1.38 bits per heavy atom. The first-order valence-corrected chi connectivity index (χ1v) is 6.66. The summed E-state index contributed by atoms with van der Waals surface area (Å²) in [6, 6.07) is 6.53. The Morgan fingerprint density at radius 2 is 2.06 bits per heavy atom. The summed E-state index contributed by atoms with van der Waals surface area (Å²) in [7, 11) is 1.69. The van der Waals surface area contributed by atoms with E-state index >= 15 is 0 Å². The van der Waals surface area contributed by atoms with Gasteiger partial charge in [-0.15, -0.1) is 0 Å². The topological polar surface area (TPSA) is 35.2 Å². The van der Waals surface area contributed by atoms with Crippen molar-refractivity contribution in [3.63, 3.8) is 0 Å². The fourth-order valence-electron chi connectivity index (χ4n) is 1.87. The number of benzene rings is 1. The Labute approximate surface area is 112 Å². The lowest BCUT2D eigenvalue weighted by molar-refractivity contribution is 0.180. The summed E-state index contributed by atoms with van der Waals surface area (Å²) < 4.78 is 6.39. The molecule has 0 unspecified atom stereocenters. The van der Waals surface area contributed by atoms with Crippen LogP contribution < -0.4 is 5.73 Å². The summed E-state index contributed by atoms with van der Waals surface area (Å²) in [4.78, 5) is 0. The van der Waals surface area contributed by atoms with E-state index in [0.717, 1.165) is 6.42 Å². The minimum absolute atomic E-state index is 0.0819. The first-order valence-electron chi connectivity index (χ1n) is 5.58. The monoisotopic (exact) mass is 333 g/mol. The molecule has 1 aromatic carbocycles. The van der Waals surface area contributed by atoms with Gasteiger partial charge in [0, 0.05) is 16.7 Å². The summed E-state index contributed by atoms with van der Waals surface area (Å²) >= 11 is 2.38. The van der Waals surface area contributed by atoms with E-state index < -0.39 is 0 Å². The van der Waals surface area contributed by atoms with Gasteiger partial charge in [0.1, 0.15) is 0 Å². The molecule has 0 aliphatic heterocycles. The third-order valence-electron chi connectivity index (χ3n) is 2.62. The molecule has 0 amide bonds. The van der Waals surface area contributed by atoms with E-state index in [4.69, 9.17) is 10.5 Å². The molecule has 0 aliphatic rings. The van der Waals surface area contributed by atoms with E-state index in [1.807, 2.05) is 0 Å². The lowest BCUT2D eigenvalue weighted by Crippen LogP contribution is -2.29. The van der Waals surface area contributed by atoms with E-state index in [2.05, 4.69) is 54.6 Å². The average Bonchev–Trinajstić information content (AvgIpc) is 2.21. The molecule has 90 valence electrons. The largest absolute Gasteiger partial charge is 0.383 e. The van der Waals surface area contributed by atoms with Crippen LogP contribution in [-0.4, -0.2) is 19.8 Å². The molecule has 0 heterocycles. The van der Waals surface area contributed by atoms with Crippen molar-refractivity contribution < 1.29 is 4.74 Å². The molecule has 0 saturated heterocycles. The number of hydrogen-bond donors (Lipinski definition) is 1. The summed E-state index contributed by atoms with van der Waals surface area (Å²) in [5, 5.41) is 0. The zero-order valence-corrected chi connectivity index (χ0v) is 12.3. The van der Waals surface area contributed by atoms with E-state index in [9.17, 15) is 0 Å². The van der Waals surface area contributed by atoms with E-state index in [1.54, 1.807) is 7.11 Å². The molecule has 2 nitrogen and oxygen atoms in total. The standard InChI is InChI=1S/C13H20INO/c1-9(2)11-5-4-6-13(14)12(11)7-10(15)8-16-3/h4-6,9-10H,7-8,15H2,1-3H3/t10-/m1/s1. The molecule has 1 atom stereocenters. The highest BCUT2D eigenvalue weighted by atomic mass is 127. The van der Waals surface area contributed by atoms with Gasteiger partial charge >= 0.3 is 0 Å². The van der Waals surface area contributed by atoms with Gasteiger partial charge in [-0.25, -0.2) is 0 Å². The van der Waals surface area contributed by atoms with Gasteiger partial charge in [-0.2, -0.15) is 0 Å². The third-order valence-corrected chi connectivity index (χ3v) is 3.63. The minimum atomic E-state index is 0.0819. The second-order valence-electron chi connectivity index (χ2n) is 4.38. The quantitative estimate of drug-likeness (QED) is 0.841. The molecule has 0 fully saturated rings. The zero-order chi connectivity index (χ0) is 12.1. The smallest absolute Gasteiger partial charge is 0.0616 e. The molecular formula is C13H20INO. The fraction of sp³-hybridized carbons (Fsp3) is 0.538. The van der Waals surface area contributed by atoms with Crippen molar-refractivity contribution in [2.24, 2.45) is 5.73 Å². The lowest BCUT2D eigenvalue weighted by Gasteiger charge is -2.18. The van der Waals surface area contributed by atoms with Crippen molar-refractivity contribution in [3.05, 3.63) is 32.9 Å². The summed E-state index contributed by atoms with van der Waals surface area (Å²) in [6.07, 6.45) is 0.889. The maximum absolute atomic E-state index is 6.03. The summed E-state index contributed by atoms with van der Waals surface area (Å²) in [5.74, 6) is 0.541. The molecule has 1 aromatic rings. The Kier molecular flexibility index (Phi) is 5.72. The maximum atomic E-state index is 6.03. The molecule has 0 bridgehead atoms. The molecule has 0 aliphatic carbocycles. The van der Waals surface area contributed by atoms with Crippen molar-refractivity contribution in [1.29, 1.82) is 0 Å². The lowest BCUT2D eigenvalue weighted by atomic mass is 9.93. The second-order valence-corrected chi connectivity index (χ2v) is 5.54. The number of rotatable bonds is 5. The number of hydrogen-bond acceptors (Lipinski definition) is 2. The van der Waals surface area contributed by atoms with Crippen LogP contribution in [0.5, 0.6) is 0 Å². The molecule has 0 aromatic heterocycles. The Morgan fingerprint density at radius 3 is 2.62 bits per heavy atom. The third kappa shape index (κ3) is 3.71. The van der Waals surface area contributed by atoms with E-state index in [-0.39, 0.29) is 6.04 Å². The molecule has 3 heteroatoms. The predicted molar refractivity (Wildman–Crippen MR) is 76.8 cm³/mol. The average molecular weight is 333 g/mol. The summed E-state index contributed by atoms with van der Waals surface area (Å²) in [5.41, 5.74) is 8.80. The van der Waals surface area contributed by atoms with Crippen LogP contribution in [-0.2, 0) is 11.2 Å². The first kappa shape index (κ1) is 13.9. The van der Waals surface area contributed by atoms with Gasteiger partial charge in [-0.3, -0.25) is 0 Å². The van der Waals surface area contributed by atoms with E-state index in [1.165, 1.54) is 14.7 Å². The Hall–Kier alpha value is -0.130. The van der Waals surface area contributed by atoms with Crippen LogP contribution in [0.3, 0.4) is 0 Å². The highest BCUT2D eigenvalue weighted by molar-refractivity contribution is 14.1. The van der Waals surface area contributed by atoms with Gasteiger partial charge in [0.15, 0.2) is 0 Å². The maximum Gasteiger partial charge on any atom is 0.0616 e. The predicted octanol–water partition coefficient (Wildman–Crippen LogP) is 2.93. The van der Waals surface area contributed by atoms with Crippen molar-refractivity contribution in [3.8, 4) is 0 Å². The van der Waals surface area contributed by atoms with Gasteiger partial charge < -0.3 is 10.5 Å². The number of ether oxygens (including phenoxy) is 1. The number of halogens is 1. The first-order chi connectivity index (χ1) is 7.56. The van der Waals surface area contributed by atoms with Crippen molar-refractivity contribution in [1.82, 2.24) is 0 Å². The van der Waals surface area contributed by atoms with Crippen LogP contribution in [0.2, 0.25) is 0 Å². The van der Waals surface area contributed by atoms with Crippen LogP contribution in [0.25, 0.3) is 0 Å². The molecule has 0 spiro atoms. The highest BCUT2D eigenvalue weighted by Crippen LogP contribution is 2.25. The van der Waals surface area contributed by atoms with Gasteiger partial charge in [-0.05, 0) is 52.1 Å². The minimum Gasteiger partial charge on any atom is -0.383 e. The van der Waals surface area contributed by atoms with Crippen molar-refractivity contribution >= 4 is 22.6 Å². The SMILES string of the molecule is COC[C@H](N)Cc1c(I)cccc1C(C)C. The molecular weight excluding hydrogens is 313 g/mol. The van der Waals surface area contributed by atoms with Crippen molar-refractivity contribution in [2.45, 2.75) is 32.2 Å². The highest BCUT2D eigenvalue weighted by Gasteiger charge is 2.13. The Balaban J connectivity index is 2.92. The van der Waals surface area contributed by atoms with Crippen LogP contribution in [0.1, 0.15) is 30.9 Å². The molecule has 0 saturated carbocycles. The fourth-order valence-corrected chi connectivity index (χ4v) is 2.61. The van der Waals surface area contributed by atoms with Gasteiger partial charge in [0.2, 0.25) is 0 Å². The van der Waals surface area contributed by atoms with Crippen LogP contribution in [0, 0.1) is 3.57 Å². The van der Waals surface area contributed by atoms with Gasteiger partial charge in [-0.1, -0.05) is 26.0 Å². The number of methoxy groups -OCH3 is 1. The van der Waals surface area contributed by atoms with Gasteiger partial charge in [0.25, 0.3) is 0 Å². The molecule has 0 radical (unpaired) electrons. The van der Waals surface area contributed by atoms with Crippen LogP contribution in [0.4, 0.5) is 0 Å². The summed E-state index contributed by atoms with van der Waals surface area (Å²) in [6.45, 7) is 5.05. The second kappa shape index (κ2) is 6.57. The van der Waals surface area contributed by atoms with E-state index in [0.29, 0.717) is 12.5 Å². The van der Waals surface area contributed by atoms with Crippen LogP contribution >= 0.6 is 22.6 Å².